The Morgan fingerprint density at radius 2 is 2.39 bits per heavy atom. The lowest BCUT2D eigenvalue weighted by atomic mass is 10.3. The van der Waals surface area contributed by atoms with E-state index in [9.17, 15) is 9.59 Å². The average molecular weight is 273 g/mol. The van der Waals surface area contributed by atoms with Crippen molar-refractivity contribution in [1.82, 2.24) is 15.6 Å². The van der Waals surface area contributed by atoms with Crippen molar-refractivity contribution in [2.45, 2.75) is 12.5 Å². The highest BCUT2D eigenvalue weighted by atomic mass is 32.1. The summed E-state index contributed by atoms with van der Waals surface area (Å²) in [4.78, 5) is 26.2. The van der Waals surface area contributed by atoms with Crippen molar-refractivity contribution < 1.29 is 19.4 Å². The number of hydrogen-bond donors (Lipinski definition) is 3. The number of rotatable bonds is 7. The number of urea groups is 1. The van der Waals surface area contributed by atoms with Gasteiger partial charge in [0.25, 0.3) is 0 Å². The van der Waals surface area contributed by atoms with E-state index in [0.29, 0.717) is 13.0 Å². The smallest absolute Gasteiger partial charge is 0.328 e. The number of methoxy groups -OCH3 is 1. The van der Waals surface area contributed by atoms with Crippen LogP contribution in [0.15, 0.2) is 11.6 Å². The first-order valence-corrected chi connectivity index (χ1v) is 6.16. The molecule has 0 saturated heterocycles. The van der Waals surface area contributed by atoms with E-state index in [2.05, 4.69) is 15.6 Å². The van der Waals surface area contributed by atoms with E-state index < -0.39 is 18.0 Å². The molecule has 100 valence electrons. The van der Waals surface area contributed by atoms with Gasteiger partial charge in [0.1, 0.15) is 0 Å². The summed E-state index contributed by atoms with van der Waals surface area (Å²) in [5, 5.41) is 16.4. The molecule has 3 N–H and O–H groups in total. The fourth-order valence-corrected chi connectivity index (χ4v) is 1.83. The molecule has 0 aliphatic rings. The molecule has 1 heterocycles. The van der Waals surface area contributed by atoms with Crippen LogP contribution in [0.5, 0.6) is 0 Å². The molecule has 0 aliphatic carbocycles. The number of carbonyl (C=O) groups excluding carboxylic acids is 1. The molecule has 0 radical (unpaired) electrons. The van der Waals surface area contributed by atoms with Crippen LogP contribution in [-0.2, 0) is 16.0 Å². The molecule has 18 heavy (non-hydrogen) atoms. The van der Waals surface area contributed by atoms with Gasteiger partial charge < -0.3 is 20.5 Å². The van der Waals surface area contributed by atoms with Gasteiger partial charge in [-0.3, -0.25) is 0 Å². The minimum atomic E-state index is -1.13. The summed E-state index contributed by atoms with van der Waals surface area (Å²) in [7, 11) is 1.37. The van der Waals surface area contributed by atoms with Crippen LogP contribution >= 0.6 is 11.3 Å². The van der Waals surface area contributed by atoms with Crippen molar-refractivity contribution in [3.8, 4) is 0 Å². The zero-order valence-corrected chi connectivity index (χ0v) is 10.7. The number of thiazole rings is 1. The quantitative estimate of drug-likeness (QED) is 0.653. The van der Waals surface area contributed by atoms with Crippen molar-refractivity contribution in [2.75, 3.05) is 20.3 Å². The first-order valence-electron chi connectivity index (χ1n) is 5.28. The Morgan fingerprint density at radius 1 is 1.61 bits per heavy atom. The molecular weight excluding hydrogens is 258 g/mol. The van der Waals surface area contributed by atoms with E-state index in [1.807, 2.05) is 5.38 Å². The van der Waals surface area contributed by atoms with Crippen LogP contribution in [0.2, 0.25) is 0 Å². The summed E-state index contributed by atoms with van der Waals surface area (Å²) < 4.78 is 4.70. The third kappa shape index (κ3) is 5.11. The second kappa shape index (κ2) is 7.62. The maximum atomic E-state index is 11.4. The third-order valence-electron chi connectivity index (χ3n) is 2.04. The minimum Gasteiger partial charge on any atom is -0.480 e. The summed E-state index contributed by atoms with van der Waals surface area (Å²) in [5.41, 5.74) is 0. The fraction of sp³-hybridized carbons (Fsp3) is 0.500. The number of aliphatic carboxylic acids is 1. The van der Waals surface area contributed by atoms with Gasteiger partial charge >= 0.3 is 12.0 Å². The molecule has 0 bridgehead atoms. The van der Waals surface area contributed by atoms with Crippen LogP contribution < -0.4 is 10.6 Å². The lowest BCUT2D eigenvalue weighted by molar-refractivity contribution is -0.140. The number of nitrogens with one attached hydrogen (secondary N) is 2. The highest BCUT2D eigenvalue weighted by Gasteiger charge is 2.19. The van der Waals surface area contributed by atoms with Crippen molar-refractivity contribution in [3.05, 3.63) is 16.6 Å². The first kappa shape index (κ1) is 14.4. The van der Waals surface area contributed by atoms with Crippen LogP contribution in [-0.4, -0.2) is 48.4 Å². The van der Waals surface area contributed by atoms with E-state index >= 15 is 0 Å². The molecule has 2 amide bonds. The Bertz CT molecular complexity index is 382. The summed E-state index contributed by atoms with van der Waals surface area (Å²) >= 11 is 1.50. The zero-order chi connectivity index (χ0) is 13.4. The fourth-order valence-electron chi connectivity index (χ4n) is 1.21. The number of nitrogens with zero attached hydrogens (tertiary/aromatic N) is 1. The molecule has 0 aliphatic heterocycles. The highest BCUT2D eigenvalue weighted by Crippen LogP contribution is 2.03. The second-order valence-corrected chi connectivity index (χ2v) is 4.40. The minimum absolute atomic E-state index is 0.0742. The Labute approximate surface area is 108 Å². The van der Waals surface area contributed by atoms with Gasteiger partial charge in [0.05, 0.1) is 11.6 Å². The van der Waals surface area contributed by atoms with Crippen molar-refractivity contribution in [2.24, 2.45) is 0 Å². The van der Waals surface area contributed by atoms with Crippen LogP contribution in [0, 0.1) is 0 Å². The first-order chi connectivity index (χ1) is 8.63. The number of carboxylic acids is 1. The Morgan fingerprint density at radius 3 is 2.94 bits per heavy atom. The van der Waals surface area contributed by atoms with E-state index in [-0.39, 0.29) is 6.61 Å². The summed E-state index contributed by atoms with van der Waals surface area (Å²) in [6.07, 6.45) is 2.31. The van der Waals surface area contributed by atoms with Gasteiger partial charge in [-0.25, -0.2) is 14.6 Å². The van der Waals surface area contributed by atoms with Crippen molar-refractivity contribution in [1.29, 1.82) is 0 Å². The van der Waals surface area contributed by atoms with Gasteiger partial charge in [-0.1, -0.05) is 0 Å². The van der Waals surface area contributed by atoms with Crippen LogP contribution in [0.3, 0.4) is 0 Å². The van der Waals surface area contributed by atoms with Gasteiger partial charge in [0.2, 0.25) is 0 Å². The molecule has 1 atom stereocenters. The lowest BCUT2D eigenvalue weighted by Crippen LogP contribution is -2.48. The van der Waals surface area contributed by atoms with Crippen molar-refractivity contribution >= 4 is 23.3 Å². The van der Waals surface area contributed by atoms with Gasteiger partial charge in [0.15, 0.2) is 6.04 Å². The van der Waals surface area contributed by atoms with E-state index in [1.165, 1.54) is 18.4 Å². The van der Waals surface area contributed by atoms with Gasteiger partial charge in [0, 0.05) is 31.7 Å². The molecule has 1 aromatic heterocycles. The highest BCUT2D eigenvalue weighted by molar-refractivity contribution is 7.09. The predicted molar refractivity (Wildman–Crippen MR) is 65.7 cm³/mol. The van der Waals surface area contributed by atoms with Gasteiger partial charge in [-0.15, -0.1) is 11.3 Å². The number of carboxylic acid groups (broad SMARTS) is 1. The molecule has 1 unspecified atom stereocenters. The molecule has 0 saturated carbocycles. The molecule has 0 fully saturated rings. The Hall–Kier alpha value is -1.67. The van der Waals surface area contributed by atoms with Crippen molar-refractivity contribution in [3.63, 3.8) is 0 Å². The number of hydrogen-bond acceptors (Lipinski definition) is 5. The number of aromatic nitrogens is 1. The Kier molecular flexibility index (Phi) is 6.09. The molecule has 0 spiro atoms. The third-order valence-corrected chi connectivity index (χ3v) is 2.88. The largest absolute Gasteiger partial charge is 0.480 e. The van der Waals surface area contributed by atoms with Gasteiger partial charge in [-0.2, -0.15) is 0 Å². The molecule has 7 nitrogen and oxygen atoms in total. The monoisotopic (exact) mass is 273 g/mol. The van der Waals surface area contributed by atoms with E-state index in [1.54, 1.807) is 6.20 Å². The molecule has 8 heteroatoms. The zero-order valence-electron chi connectivity index (χ0n) is 9.88. The topological polar surface area (TPSA) is 101 Å². The average Bonchev–Trinajstić information content (AvgIpc) is 2.81. The molecule has 1 rings (SSSR count). The summed E-state index contributed by atoms with van der Waals surface area (Å²) in [6.45, 7) is 0.327. The van der Waals surface area contributed by atoms with Crippen LogP contribution in [0.1, 0.15) is 5.01 Å². The summed E-state index contributed by atoms with van der Waals surface area (Å²) in [5.74, 6) is -1.13. The molecule has 0 aromatic carbocycles. The standard InChI is InChI=1S/C10H15N3O4S/c1-17-6-7(9(14)15)13-10(16)12-3-2-8-11-4-5-18-8/h4-5,7H,2-3,6H2,1H3,(H,14,15)(H2,12,13,16). The maximum Gasteiger partial charge on any atom is 0.328 e. The van der Waals surface area contributed by atoms with Crippen LogP contribution in [0.4, 0.5) is 4.79 Å². The summed E-state index contributed by atoms with van der Waals surface area (Å²) in [6, 6.07) is -1.58. The number of ether oxygens (including phenoxy) is 1. The SMILES string of the molecule is COCC(NC(=O)NCCc1nccs1)C(=O)O. The molecule has 1 aromatic rings. The normalized spacial score (nSPS) is 11.8. The predicted octanol–water partition coefficient (Wildman–Crippen LogP) is 0.0844. The van der Waals surface area contributed by atoms with E-state index in [0.717, 1.165) is 5.01 Å². The second-order valence-electron chi connectivity index (χ2n) is 3.42. The van der Waals surface area contributed by atoms with Crippen LogP contribution in [0.25, 0.3) is 0 Å². The Balaban J connectivity index is 2.25. The maximum absolute atomic E-state index is 11.4. The number of carbonyl (C=O) groups is 2. The van der Waals surface area contributed by atoms with E-state index in [4.69, 9.17) is 9.84 Å². The number of amides is 2. The van der Waals surface area contributed by atoms with Gasteiger partial charge in [-0.05, 0) is 0 Å². The lowest BCUT2D eigenvalue weighted by Gasteiger charge is -2.13. The molecular formula is C10H15N3O4S.